The summed E-state index contributed by atoms with van der Waals surface area (Å²) in [6, 6.07) is 12.7. The highest BCUT2D eigenvalue weighted by molar-refractivity contribution is 9.10. The van der Waals surface area contributed by atoms with E-state index in [2.05, 4.69) is 15.9 Å². The van der Waals surface area contributed by atoms with Crippen LogP contribution in [0.25, 0.3) is 6.08 Å². The molecule has 2 aliphatic rings. The zero-order valence-corrected chi connectivity index (χ0v) is 20.5. The first-order chi connectivity index (χ1) is 15.9. The van der Waals surface area contributed by atoms with Gasteiger partial charge in [0.1, 0.15) is 23.9 Å². The summed E-state index contributed by atoms with van der Waals surface area (Å²) in [6.45, 7) is 2.77. The number of aryl methyl sites for hydroxylation is 1. The van der Waals surface area contributed by atoms with E-state index in [9.17, 15) is 4.79 Å². The fraction of sp³-hybridized carbons (Fsp3) is 0.160. The van der Waals surface area contributed by atoms with Crippen LogP contribution in [0.5, 0.6) is 17.2 Å². The number of Topliss-reactive ketones (excluding diaryl/α,β-unsaturated/α-hetero) is 1. The number of carbonyl (C=O) groups is 1. The van der Waals surface area contributed by atoms with Crippen molar-refractivity contribution in [2.75, 3.05) is 6.79 Å². The van der Waals surface area contributed by atoms with E-state index in [1.165, 1.54) is 0 Å². The Morgan fingerprint density at radius 1 is 1.12 bits per heavy atom. The van der Waals surface area contributed by atoms with E-state index in [4.69, 9.17) is 42.1 Å². The number of ether oxygens (including phenoxy) is 4. The van der Waals surface area contributed by atoms with E-state index >= 15 is 0 Å². The molecule has 0 saturated heterocycles. The maximum absolute atomic E-state index is 13.1. The third-order valence-corrected chi connectivity index (χ3v) is 6.52. The lowest BCUT2D eigenvalue weighted by Gasteiger charge is -2.20. The Morgan fingerprint density at radius 3 is 2.79 bits per heavy atom. The Bertz CT molecular complexity index is 1320. The average molecular weight is 548 g/mol. The van der Waals surface area contributed by atoms with Crippen LogP contribution in [0.15, 0.2) is 52.7 Å². The average Bonchev–Trinajstić information content (AvgIpc) is 3.10. The minimum atomic E-state index is -0.181. The van der Waals surface area contributed by atoms with Crippen LogP contribution in [0.1, 0.15) is 32.6 Å². The molecule has 0 aliphatic carbocycles. The standard InChI is InChI=1S/C25H17BrCl2O5/c1-13-4-18(31-10-14-2-3-19(27)20(28)5-14)9-21-23(13)24(29)22(33-21)8-15-6-17(26)7-16-11-30-12-32-25(15)16/h2-9H,10-12H2,1H3/b22-8-. The van der Waals surface area contributed by atoms with Crippen LogP contribution in [0.2, 0.25) is 10.0 Å². The van der Waals surface area contributed by atoms with Gasteiger partial charge in [0.05, 0.1) is 22.2 Å². The number of rotatable bonds is 4. The molecule has 0 spiro atoms. The second kappa shape index (κ2) is 9.03. The Kier molecular flexibility index (Phi) is 6.10. The van der Waals surface area contributed by atoms with Crippen molar-refractivity contribution in [3.8, 4) is 17.2 Å². The molecule has 0 amide bonds. The fourth-order valence-corrected chi connectivity index (χ4v) is 4.66. The smallest absolute Gasteiger partial charge is 0.232 e. The van der Waals surface area contributed by atoms with Crippen LogP contribution in [0, 0.1) is 6.92 Å². The number of ketones is 1. The minimum Gasteiger partial charge on any atom is -0.489 e. The molecule has 168 valence electrons. The SMILES string of the molecule is Cc1cc(OCc2ccc(Cl)c(Cl)c2)cc2c1C(=O)/C(=C/c1cc(Br)cc3c1OCOC3)O2. The Balaban J connectivity index is 1.41. The van der Waals surface area contributed by atoms with Crippen LogP contribution in [-0.2, 0) is 18.0 Å². The first kappa shape index (κ1) is 22.3. The van der Waals surface area contributed by atoms with Crippen LogP contribution < -0.4 is 14.2 Å². The lowest BCUT2D eigenvalue weighted by Crippen LogP contribution is -2.12. The number of hydrogen-bond acceptors (Lipinski definition) is 5. The van der Waals surface area contributed by atoms with Gasteiger partial charge in [-0.05, 0) is 54.5 Å². The highest BCUT2D eigenvalue weighted by Crippen LogP contribution is 2.40. The zero-order valence-electron chi connectivity index (χ0n) is 17.4. The molecule has 5 nitrogen and oxygen atoms in total. The fourth-order valence-electron chi connectivity index (χ4n) is 3.81. The third-order valence-electron chi connectivity index (χ3n) is 5.32. The summed E-state index contributed by atoms with van der Waals surface area (Å²) in [5, 5.41) is 0.960. The van der Waals surface area contributed by atoms with E-state index in [1.54, 1.807) is 24.3 Å². The van der Waals surface area contributed by atoms with E-state index in [0.717, 1.165) is 26.7 Å². The van der Waals surface area contributed by atoms with Crippen molar-refractivity contribution in [1.29, 1.82) is 0 Å². The molecule has 0 fully saturated rings. The first-order valence-corrected chi connectivity index (χ1v) is 11.6. The summed E-state index contributed by atoms with van der Waals surface area (Å²) >= 11 is 15.6. The molecule has 2 aliphatic heterocycles. The van der Waals surface area contributed by atoms with Gasteiger partial charge in [0.25, 0.3) is 0 Å². The maximum atomic E-state index is 13.1. The van der Waals surface area contributed by atoms with Gasteiger partial charge in [-0.1, -0.05) is 45.2 Å². The monoisotopic (exact) mass is 546 g/mol. The Hall–Kier alpha value is -2.51. The third kappa shape index (κ3) is 4.49. The van der Waals surface area contributed by atoms with Crippen molar-refractivity contribution in [2.24, 2.45) is 0 Å². The number of benzene rings is 3. The Morgan fingerprint density at radius 2 is 1.97 bits per heavy atom. The normalized spacial score (nSPS) is 15.6. The van der Waals surface area contributed by atoms with Gasteiger partial charge in [0.15, 0.2) is 12.6 Å². The molecule has 3 aromatic rings. The van der Waals surface area contributed by atoms with Gasteiger partial charge in [0, 0.05) is 21.7 Å². The lowest BCUT2D eigenvalue weighted by molar-refractivity contribution is -0.0165. The molecule has 8 heteroatoms. The van der Waals surface area contributed by atoms with E-state index in [0.29, 0.717) is 46.1 Å². The van der Waals surface area contributed by atoms with Crippen molar-refractivity contribution >= 4 is 51.0 Å². The largest absolute Gasteiger partial charge is 0.489 e. The minimum absolute atomic E-state index is 0.165. The van der Waals surface area contributed by atoms with Crippen LogP contribution >= 0.6 is 39.1 Å². The summed E-state index contributed by atoms with van der Waals surface area (Å²) in [5.41, 5.74) is 3.82. The van der Waals surface area contributed by atoms with Gasteiger partial charge < -0.3 is 18.9 Å². The molecular formula is C25H17BrCl2O5. The summed E-state index contributed by atoms with van der Waals surface area (Å²) in [4.78, 5) is 13.1. The van der Waals surface area contributed by atoms with Crippen LogP contribution in [0.3, 0.4) is 0 Å². The summed E-state index contributed by atoms with van der Waals surface area (Å²) in [6.07, 6.45) is 1.70. The van der Waals surface area contributed by atoms with Gasteiger partial charge in [0.2, 0.25) is 5.78 Å². The Labute approximate surface area is 208 Å². The van der Waals surface area contributed by atoms with Gasteiger partial charge in [-0.25, -0.2) is 0 Å². The van der Waals surface area contributed by atoms with Gasteiger partial charge in [-0.2, -0.15) is 0 Å². The number of allylic oxidation sites excluding steroid dienone is 1. The van der Waals surface area contributed by atoms with Gasteiger partial charge >= 0.3 is 0 Å². The molecule has 0 radical (unpaired) electrons. The second-order valence-electron chi connectivity index (χ2n) is 7.68. The second-order valence-corrected chi connectivity index (χ2v) is 9.41. The van der Waals surface area contributed by atoms with E-state index in [-0.39, 0.29) is 18.3 Å². The van der Waals surface area contributed by atoms with E-state index in [1.807, 2.05) is 31.2 Å². The predicted octanol–water partition coefficient (Wildman–Crippen LogP) is 7.13. The molecule has 0 unspecified atom stereocenters. The molecule has 3 aromatic carbocycles. The molecule has 0 N–H and O–H groups in total. The summed E-state index contributed by atoms with van der Waals surface area (Å²) in [5.74, 6) is 1.78. The van der Waals surface area contributed by atoms with Gasteiger partial charge in [-0.15, -0.1) is 0 Å². The van der Waals surface area contributed by atoms with Crippen molar-refractivity contribution in [1.82, 2.24) is 0 Å². The highest BCUT2D eigenvalue weighted by Gasteiger charge is 2.30. The topological polar surface area (TPSA) is 54.0 Å². The lowest BCUT2D eigenvalue weighted by atomic mass is 10.0. The molecule has 0 atom stereocenters. The number of hydrogen-bond donors (Lipinski definition) is 0. The molecule has 33 heavy (non-hydrogen) atoms. The van der Waals surface area contributed by atoms with Crippen molar-refractivity contribution < 1.29 is 23.7 Å². The predicted molar refractivity (Wildman–Crippen MR) is 129 cm³/mol. The summed E-state index contributed by atoms with van der Waals surface area (Å²) < 4.78 is 23.8. The zero-order chi connectivity index (χ0) is 23.1. The number of halogens is 3. The number of fused-ring (bicyclic) bond motifs is 2. The van der Waals surface area contributed by atoms with Crippen molar-refractivity contribution in [3.63, 3.8) is 0 Å². The number of carbonyl (C=O) groups excluding carboxylic acids is 1. The molecule has 0 bridgehead atoms. The van der Waals surface area contributed by atoms with E-state index < -0.39 is 0 Å². The molecule has 2 heterocycles. The quantitative estimate of drug-likeness (QED) is 0.325. The van der Waals surface area contributed by atoms with Gasteiger partial charge in [-0.3, -0.25) is 4.79 Å². The summed E-state index contributed by atoms with van der Waals surface area (Å²) in [7, 11) is 0. The molecule has 0 saturated carbocycles. The highest BCUT2D eigenvalue weighted by atomic mass is 79.9. The molecule has 5 rings (SSSR count). The first-order valence-electron chi connectivity index (χ1n) is 10.1. The molecular weight excluding hydrogens is 531 g/mol. The van der Waals surface area contributed by atoms with Crippen LogP contribution in [0.4, 0.5) is 0 Å². The maximum Gasteiger partial charge on any atom is 0.232 e. The van der Waals surface area contributed by atoms with Crippen LogP contribution in [-0.4, -0.2) is 12.6 Å². The van der Waals surface area contributed by atoms with Crippen molar-refractivity contribution in [3.05, 3.63) is 90.6 Å². The molecule has 0 aromatic heterocycles. The van der Waals surface area contributed by atoms with Crippen molar-refractivity contribution in [2.45, 2.75) is 20.1 Å².